The minimum absolute atomic E-state index is 0.153. The number of likely N-dealkylation sites (N-methyl/N-ethyl adjacent to an activating group) is 2. The molecule has 3 N–H and O–H groups in total. The van der Waals surface area contributed by atoms with Crippen molar-refractivity contribution in [2.45, 2.75) is 18.5 Å². The van der Waals surface area contributed by atoms with Crippen molar-refractivity contribution >= 4 is 0 Å². The van der Waals surface area contributed by atoms with Crippen LogP contribution in [0.5, 0.6) is 0 Å². The first kappa shape index (κ1) is 14.2. The van der Waals surface area contributed by atoms with E-state index in [9.17, 15) is 0 Å². The standard InChI is InChI=1S/C13H21N7O/c1-19-3-4-20(2)11(7-19)12-17-13(21-18-12)10(14)5-9-6-15-8-16-9/h6,8,10-11H,3-5,7,14H2,1-2H3,(H,15,16)/t10-,11?/m0/s1. The van der Waals surface area contributed by atoms with Gasteiger partial charge in [-0.15, -0.1) is 0 Å². The molecular formula is C13H21N7O. The van der Waals surface area contributed by atoms with Crippen LogP contribution in [0, 0.1) is 0 Å². The zero-order valence-corrected chi connectivity index (χ0v) is 12.4. The Morgan fingerprint density at radius 3 is 3.10 bits per heavy atom. The zero-order chi connectivity index (χ0) is 14.8. The van der Waals surface area contributed by atoms with Gasteiger partial charge in [0.1, 0.15) is 0 Å². The van der Waals surface area contributed by atoms with Crippen LogP contribution in [0.4, 0.5) is 0 Å². The van der Waals surface area contributed by atoms with Gasteiger partial charge in [0.15, 0.2) is 5.82 Å². The van der Waals surface area contributed by atoms with Gasteiger partial charge < -0.3 is 20.1 Å². The molecule has 2 atom stereocenters. The average Bonchev–Trinajstić information content (AvgIpc) is 3.12. The molecule has 0 aliphatic carbocycles. The predicted molar refractivity (Wildman–Crippen MR) is 76.4 cm³/mol. The van der Waals surface area contributed by atoms with Crippen molar-refractivity contribution in [2.75, 3.05) is 33.7 Å². The fourth-order valence-electron chi connectivity index (χ4n) is 2.54. The third-order valence-corrected chi connectivity index (χ3v) is 3.92. The summed E-state index contributed by atoms with van der Waals surface area (Å²) < 4.78 is 5.35. The normalized spacial score (nSPS) is 22.5. The number of hydrogen-bond donors (Lipinski definition) is 2. The summed E-state index contributed by atoms with van der Waals surface area (Å²) >= 11 is 0. The number of nitrogens with two attached hydrogens (primary N) is 1. The highest BCUT2D eigenvalue weighted by molar-refractivity contribution is 5.04. The number of aromatic amines is 1. The van der Waals surface area contributed by atoms with Crippen LogP contribution < -0.4 is 5.73 Å². The SMILES string of the molecule is CN1CCN(C)C(c2noc([C@@H](N)Cc3cnc[nH]3)n2)C1. The monoisotopic (exact) mass is 291 g/mol. The van der Waals surface area contributed by atoms with Gasteiger partial charge in [0, 0.05) is 37.9 Å². The summed E-state index contributed by atoms with van der Waals surface area (Å²) in [7, 11) is 4.18. The number of nitrogens with zero attached hydrogens (tertiary/aromatic N) is 5. The van der Waals surface area contributed by atoms with Crippen molar-refractivity contribution in [1.29, 1.82) is 0 Å². The summed E-state index contributed by atoms with van der Waals surface area (Å²) in [6.07, 6.45) is 3.98. The van der Waals surface area contributed by atoms with E-state index in [2.05, 4.69) is 44.0 Å². The second kappa shape index (κ2) is 5.92. The Kier molecular flexibility index (Phi) is 4.00. The molecule has 8 heteroatoms. The largest absolute Gasteiger partial charge is 0.348 e. The van der Waals surface area contributed by atoms with Gasteiger partial charge in [0.2, 0.25) is 5.89 Å². The Morgan fingerprint density at radius 1 is 1.48 bits per heavy atom. The van der Waals surface area contributed by atoms with Gasteiger partial charge in [-0.2, -0.15) is 4.98 Å². The highest BCUT2D eigenvalue weighted by atomic mass is 16.5. The third-order valence-electron chi connectivity index (χ3n) is 3.92. The zero-order valence-electron chi connectivity index (χ0n) is 12.4. The van der Waals surface area contributed by atoms with E-state index < -0.39 is 0 Å². The number of hydrogen-bond acceptors (Lipinski definition) is 7. The molecule has 0 aromatic carbocycles. The lowest BCUT2D eigenvalue weighted by atomic mass is 10.1. The molecule has 0 saturated carbocycles. The summed E-state index contributed by atoms with van der Waals surface area (Å²) in [4.78, 5) is 16.0. The molecule has 1 saturated heterocycles. The molecule has 0 amide bonds. The molecule has 3 rings (SSSR count). The lowest BCUT2D eigenvalue weighted by molar-refractivity contribution is 0.108. The highest BCUT2D eigenvalue weighted by Crippen LogP contribution is 2.22. The molecule has 2 aromatic rings. The van der Waals surface area contributed by atoms with Crippen molar-refractivity contribution < 1.29 is 4.52 Å². The van der Waals surface area contributed by atoms with E-state index in [1.54, 1.807) is 12.5 Å². The van der Waals surface area contributed by atoms with Crippen molar-refractivity contribution in [1.82, 2.24) is 29.9 Å². The van der Waals surface area contributed by atoms with Gasteiger partial charge in [-0.05, 0) is 14.1 Å². The summed E-state index contributed by atoms with van der Waals surface area (Å²) in [6, 6.07) is -0.168. The molecule has 1 fully saturated rings. The molecule has 1 unspecified atom stereocenters. The Labute approximate surface area is 123 Å². The minimum atomic E-state index is -0.321. The summed E-state index contributed by atoms with van der Waals surface area (Å²) in [6.45, 7) is 2.94. The molecular weight excluding hydrogens is 270 g/mol. The molecule has 21 heavy (non-hydrogen) atoms. The van der Waals surface area contributed by atoms with Crippen LogP contribution in [-0.4, -0.2) is 63.6 Å². The van der Waals surface area contributed by atoms with E-state index in [1.165, 1.54) is 0 Å². The summed E-state index contributed by atoms with van der Waals surface area (Å²) in [5.41, 5.74) is 7.08. The Balaban J connectivity index is 1.70. The first-order chi connectivity index (χ1) is 10.1. The predicted octanol–water partition coefficient (Wildman–Crippen LogP) is -0.0465. The van der Waals surface area contributed by atoms with Gasteiger partial charge in [-0.25, -0.2) is 4.98 Å². The van der Waals surface area contributed by atoms with Crippen LogP contribution in [0.2, 0.25) is 0 Å². The van der Waals surface area contributed by atoms with E-state index in [0.29, 0.717) is 18.1 Å². The topological polar surface area (TPSA) is 100 Å². The van der Waals surface area contributed by atoms with Crippen LogP contribution in [0.15, 0.2) is 17.0 Å². The fraction of sp³-hybridized carbons (Fsp3) is 0.615. The molecule has 2 aromatic heterocycles. The molecule has 0 bridgehead atoms. The van der Waals surface area contributed by atoms with Crippen molar-refractivity contribution in [2.24, 2.45) is 5.73 Å². The number of H-pyrrole nitrogens is 1. The fourth-order valence-corrected chi connectivity index (χ4v) is 2.54. The van der Waals surface area contributed by atoms with E-state index >= 15 is 0 Å². The quantitative estimate of drug-likeness (QED) is 0.814. The molecule has 0 radical (unpaired) electrons. The van der Waals surface area contributed by atoms with E-state index in [0.717, 1.165) is 25.3 Å². The molecule has 3 heterocycles. The van der Waals surface area contributed by atoms with Gasteiger partial charge in [-0.3, -0.25) is 4.90 Å². The van der Waals surface area contributed by atoms with Crippen LogP contribution >= 0.6 is 0 Å². The minimum Gasteiger partial charge on any atom is -0.348 e. The maximum Gasteiger partial charge on any atom is 0.244 e. The molecule has 114 valence electrons. The average molecular weight is 291 g/mol. The lowest BCUT2D eigenvalue weighted by Gasteiger charge is -2.35. The number of nitrogens with one attached hydrogen (secondary N) is 1. The van der Waals surface area contributed by atoms with Gasteiger partial charge in [0.05, 0.1) is 18.4 Å². The maximum absolute atomic E-state index is 6.12. The van der Waals surface area contributed by atoms with Crippen molar-refractivity contribution in [3.8, 4) is 0 Å². The van der Waals surface area contributed by atoms with Crippen molar-refractivity contribution in [3.05, 3.63) is 29.9 Å². The summed E-state index contributed by atoms with van der Waals surface area (Å²) in [5.74, 6) is 1.18. The maximum atomic E-state index is 6.12. The molecule has 0 spiro atoms. The lowest BCUT2D eigenvalue weighted by Crippen LogP contribution is -2.45. The first-order valence-electron chi connectivity index (χ1n) is 7.08. The van der Waals surface area contributed by atoms with E-state index in [1.807, 2.05) is 0 Å². The Bertz CT molecular complexity index is 567. The van der Waals surface area contributed by atoms with Crippen LogP contribution in [0.3, 0.4) is 0 Å². The third kappa shape index (κ3) is 3.12. The van der Waals surface area contributed by atoms with Crippen LogP contribution in [-0.2, 0) is 6.42 Å². The van der Waals surface area contributed by atoms with E-state index in [4.69, 9.17) is 10.3 Å². The van der Waals surface area contributed by atoms with Crippen LogP contribution in [0.25, 0.3) is 0 Å². The van der Waals surface area contributed by atoms with Crippen LogP contribution in [0.1, 0.15) is 29.5 Å². The number of aromatic nitrogens is 4. The number of rotatable bonds is 4. The Morgan fingerprint density at radius 2 is 2.33 bits per heavy atom. The number of piperazine rings is 1. The summed E-state index contributed by atoms with van der Waals surface area (Å²) in [5, 5.41) is 4.11. The second-order valence-corrected chi connectivity index (χ2v) is 5.64. The van der Waals surface area contributed by atoms with Gasteiger partial charge >= 0.3 is 0 Å². The van der Waals surface area contributed by atoms with Gasteiger partial charge in [0.25, 0.3) is 0 Å². The Hall–Kier alpha value is -1.77. The molecule has 8 nitrogen and oxygen atoms in total. The van der Waals surface area contributed by atoms with E-state index in [-0.39, 0.29) is 12.1 Å². The first-order valence-corrected chi connectivity index (χ1v) is 7.08. The molecule has 1 aliphatic heterocycles. The van der Waals surface area contributed by atoms with Crippen molar-refractivity contribution in [3.63, 3.8) is 0 Å². The smallest absolute Gasteiger partial charge is 0.244 e. The molecule has 1 aliphatic rings. The highest BCUT2D eigenvalue weighted by Gasteiger charge is 2.28. The number of imidazole rings is 1. The second-order valence-electron chi connectivity index (χ2n) is 5.64. The van der Waals surface area contributed by atoms with Gasteiger partial charge in [-0.1, -0.05) is 5.16 Å².